The quantitative estimate of drug-likeness (QED) is 0.661. The molecule has 0 aromatic rings. The largest absolute Gasteiger partial charge is 0.381 e. The normalized spacial score (nSPS) is 24.5. The molecule has 0 amide bonds. The molecule has 1 saturated carbocycles. The van der Waals surface area contributed by atoms with Crippen molar-refractivity contribution in [1.82, 2.24) is 5.32 Å². The Morgan fingerprint density at radius 3 is 2.76 bits per heavy atom. The minimum atomic E-state index is 0.227. The Labute approximate surface area is 106 Å². The summed E-state index contributed by atoms with van der Waals surface area (Å²) >= 11 is 0. The highest BCUT2D eigenvalue weighted by Crippen LogP contribution is 2.23. The molecule has 1 N–H and O–H groups in total. The molecule has 1 fully saturated rings. The van der Waals surface area contributed by atoms with Crippen LogP contribution in [0, 0.1) is 17.2 Å². The maximum atomic E-state index is 9.05. The van der Waals surface area contributed by atoms with E-state index in [-0.39, 0.29) is 5.92 Å². The van der Waals surface area contributed by atoms with Crippen LogP contribution in [0.4, 0.5) is 0 Å². The second-order valence-electron chi connectivity index (χ2n) is 4.90. The van der Waals surface area contributed by atoms with E-state index in [1.807, 2.05) is 0 Å². The molecule has 0 bridgehead atoms. The highest BCUT2D eigenvalue weighted by molar-refractivity contribution is 4.94. The first-order valence-electron chi connectivity index (χ1n) is 7.09. The van der Waals surface area contributed by atoms with Crippen LogP contribution in [0.5, 0.6) is 0 Å². The van der Waals surface area contributed by atoms with Gasteiger partial charge in [0.1, 0.15) is 0 Å². The summed E-state index contributed by atoms with van der Waals surface area (Å²) in [6, 6.07) is 2.85. The van der Waals surface area contributed by atoms with Crippen molar-refractivity contribution in [2.24, 2.45) is 5.92 Å². The van der Waals surface area contributed by atoms with Gasteiger partial charge in [-0.15, -0.1) is 0 Å². The number of nitrogens with one attached hydrogen (secondary N) is 1. The molecule has 1 aliphatic carbocycles. The first-order chi connectivity index (χ1) is 8.38. The molecule has 17 heavy (non-hydrogen) atoms. The smallest absolute Gasteiger partial charge is 0.0672 e. The lowest BCUT2D eigenvalue weighted by Crippen LogP contribution is -2.38. The molecule has 0 aliphatic heterocycles. The van der Waals surface area contributed by atoms with Crippen molar-refractivity contribution < 1.29 is 4.74 Å². The average molecular weight is 238 g/mol. The van der Waals surface area contributed by atoms with E-state index in [4.69, 9.17) is 10.00 Å². The Kier molecular flexibility index (Phi) is 8.04. The van der Waals surface area contributed by atoms with Gasteiger partial charge in [-0.05, 0) is 32.2 Å². The van der Waals surface area contributed by atoms with Crippen LogP contribution in [0.3, 0.4) is 0 Å². The summed E-state index contributed by atoms with van der Waals surface area (Å²) in [7, 11) is 0. The monoisotopic (exact) mass is 238 g/mol. The van der Waals surface area contributed by atoms with E-state index in [0.717, 1.165) is 45.4 Å². The molecule has 0 saturated heterocycles. The molecule has 0 spiro atoms. The van der Waals surface area contributed by atoms with E-state index in [1.165, 1.54) is 19.3 Å². The molecular weight excluding hydrogens is 212 g/mol. The molecule has 3 nitrogen and oxygen atoms in total. The summed E-state index contributed by atoms with van der Waals surface area (Å²) in [5.41, 5.74) is 0. The number of rotatable bonds is 8. The van der Waals surface area contributed by atoms with Gasteiger partial charge in [-0.2, -0.15) is 5.26 Å². The van der Waals surface area contributed by atoms with Crippen LogP contribution in [-0.4, -0.2) is 25.8 Å². The number of nitriles is 1. The summed E-state index contributed by atoms with van der Waals surface area (Å²) in [6.45, 7) is 4.89. The summed E-state index contributed by atoms with van der Waals surface area (Å²) in [6.07, 6.45) is 8.13. The summed E-state index contributed by atoms with van der Waals surface area (Å²) < 4.78 is 5.51. The Morgan fingerprint density at radius 1 is 1.24 bits per heavy atom. The Balaban J connectivity index is 1.99. The van der Waals surface area contributed by atoms with Crippen LogP contribution in [0.1, 0.15) is 51.9 Å². The number of nitrogens with zero attached hydrogens (tertiary/aromatic N) is 1. The molecule has 1 rings (SSSR count). The van der Waals surface area contributed by atoms with Gasteiger partial charge in [-0.1, -0.05) is 26.2 Å². The molecule has 0 aromatic heterocycles. The van der Waals surface area contributed by atoms with E-state index in [9.17, 15) is 0 Å². The van der Waals surface area contributed by atoms with E-state index < -0.39 is 0 Å². The molecule has 0 radical (unpaired) electrons. The topological polar surface area (TPSA) is 45.0 Å². The lowest BCUT2D eigenvalue weighted by atomic mass is 9.85. The predicted molar refractivity (Wildman–Crippen MR) is 69.7 cm³/mol. The lowest BCUT2D eigenvalue weighted by molar-refractivity contribution is 0.127. The molecule has 2 unspecified atom stereocenters. The zero-order valence-corrected chi connectivity index (χ0v) is 11.1. The molecule has 1 aliphatic rings. The van der Waals surface area contributed by atoms with Gasteiger partial charge in [0.15, 0.2) is 0 Å². The third-order valence-corrected chi connectivity index (χ3v) is 3.45. The van der Waals surface area contributed by atoms with Crippen molar-refractivity contribution in [2.45, 2.75) is 57.9 Å². The minimum Gasteiger partial charge on any atom is -0.381 e. The van der Waals surface area contributed by atoms with Gasteiger partial charge in [-0.3, -0.25) is 0 Å². The molecule has 3 heteroatoms. The van der Waals surface area contributed by atoms with Crippen molar-refractivity contribution in [1.29, 1.82) is 5.26 Å². The van der Waals surface area contributed by atoms with E-state index in [2.05, 4.69) is 18.3 Å². The number of ether oxygens (including phenoxy) is 1. The maximum absolute atomic E-state index is 9.05. The van der Waals surface area contributed by atoms with Gasteiger partial charge in [0.2, 0.25) is 0 Å². The Bertz CT molecular complexity index is 225. The third kappa shape index (κ3) is 6.05. The van der Waals surface area contributed by atoms with Crippen molar-refractivity contribution in [3.63, 3.8) is 0 Å². The van der Waals surface area contributed by atoms with Crippen molar-refractivity contribution >= 4 is 0 Å². The third-order valence-electron chi connectivity index (χ3n) is 3.45. The van der Waals surface area contributed by atoms with E-state index in [1.54, 1.807) is 0 Å². The van der Waals surface area contributed by atoms with Gasteiger partial charge in [0, 0.05) is 19.3 Å². The fraction of sp³-hybridized carbons (Fsp3) is 0.929. The van der Waals surface area contributed by atoms with Gasteiger partial charge in [0.05, 0.1) is 12.0 Å². The molecule has 0 heterocycles. The summed E-state index contributed by atoms with van der Waals surface area (Å²) in [4.78, 5) is 0. The summed E-state index contributed by atoms with van der Waals surface area (Å²) in [5.74, 6) is 0.227. The highest BCUT2D eigenvalue weighted by atomic mass is 16.5. The predicted octanol–water partition coefficient (Wildman–Crippen LogP) is 2.87. The van der Waals surface area contributed by atoms with Crippen molar-refractivity contribution in [3.8, 4) is 6.07 Å². The first-order valence-corrected chi connectivity index (χ1v) is 7.09. The van der Waals surface area contributed by atoms with Gasteiger partial charge < -0.3 is 10.1 Å². The maximum Gasteiger partial charge on any atom is 0.0672 e. The van der Waals surface area contributed by atoms with Gasteiger partial charge in [0.25, 0.3) is 0 Å². The van der Waals surface area contributed by atoms with Gasteiger partial charge in [-0.25, -0.2) is 0 Å². The van der Waals surface area contributed by atoms with Crippen LogP contribution in [0.25, 0.3) is 0 Å². The van der Waals surface area contributed by atoms with Crippen LogP contribution in [0.15, 0.2) is 0 Å². The number of hydrogen-bond donors (Lipinski definition) is 1. The summed E-state index contributed by atoms with van der Waals surface area (Å²) in [5, 5.41) is 12.6. The SMILES string of the molecule is CCCCOCCCNC1CCCCC1C#N. The zero-order chi connectivity index (χ0) is 12.3. The number of unbranched alkanes of at least 4 members (excludes halogenated alkanes) is 1. The Morgan fingerprint density at radius 2 is 2.00 bits per heavy atom. The van der Waals surface area contributed by atoms with Crippen molar-refractivity contribution in [2.75, 3.05) is 19.8 Å². The highest BCUT2D eigenvalue weighted by Gasteiger charge is 2.23. The first kappa shape index (κ1) is 14.5. The van der Waals surface area contributed by atoms with E-state index >= 15 is 0 Å². The van der Waals surface area contributed by atoms with Crippen molar-refractivity contribution in [3.05, 3.63) is 0 Å². The zero-order valence-electron chi connectivity index (χ0n) is 11.1. The number of hydrogen-bond acceptors (Lipinski definition) is 3. The lowest BCUT2D eigenvalue weighted by Gasteiger charge is -2.27. The molecule has 98 valence electrons. The van der Waals surface area contributed by atoms with E-state index in [0.29, 0.717) is 6.04 Å². The molecule has 0 aromatic carbocycles. The molecular formula is C14H26N2O. The van der Waals surface area contributed by atoms with Crippen LogP contribution in [-0.2, 0) is 4.74 Å². The molecule has 2 atom stereocenters. The van der Waals surface area contributed by atoms with Crippen LogP contribution in [0.2, 0.25) is 0 Å². The second kappa shape index (κ2) is 9.44. The minimum absolute atomic E-state index is 0.227. The average Bonchev–Trinajstić information content (AvgIpc) is 2.38. The van der Waals surface area contributed by atoms with Crippen LogP contribution < -0.4 is 5.32 Å². The second-order valence-corrected chi connectivity index (χ2v) is 4.90. The van der Waals surface area contributed by atoms with Crippen LogP contribution >= 0.6 is 0 Å². The Hall–Kier alpha value is -0.590. The standard InChI is InChI=1S/C14H26N2O/c1-2-3-10-17-11-6-9-16-14-8-5-4-7-13(14)12-15/h13-14,16H,2-11H2,1H3. The fourth-order valence-corrected chi connectivity index (χ4v) is 2.34. The van der Waals surface area contributed by atoms with Gasteiger partial charge >= 0.3 is 0 Å². The fourth-order valence-electron chi connectivity index (χ4n) is 2.34.